The molecule has 0 spiro atoms. The minimum Gasteiger partial charge on any atom is -0.397 e. The van der Waals surface area contributed by atoms with E-state index in [4.69, 9.17) is 5.73 Å². The standard InChI is InChI=1S/C21H23N5O2/c22-16-10-4-5-11-17(16)24-20(27)12-6-7-13-23-21(28)19-14-18(25-26-19)15-8-2-1-3-9-15/h1-5,8-11,14H,6-7,12-13,22H2,(H,23,28)(H,24,27)(H,25,26). The minimum absolute atomic E-state index is 0.0923. The number of anilines is 2. The van der Waals surface area contributed by atoms with Gasteiger partial charge in [0, 0.05) is 18.5 Å². The maximum absolute atomic E-state index is 12.2. The fourth-order valence-corrected chi connectivity index (χ4v) is 2.73. The first-order valence-corrected chi connectivity index (χ1v) is 9.17. The maximum atomic E-state index is 12.2. The first kappa shape index (κ1) is 19.2. The van der Waals surface area contributed by atoms with Crippen molar-refractivity contribution < 1.29 is 9.59 Å². The number of nitrogens with one attached hydrogen (secondary N) is 3. The third-order valence-electron chi connectivity index (χ3n) is 4.24. The molecule has 7 heteroatoms. The second kappa shape index (κ2) is 9.36. The summed E-state index contributed by atoms with van der Waals surface area (Å²) in [5.41, 5.74) is 9.05. The predicted molar refractivity (Wildman–Crippen MR) is 110 cm³/mol. The Hall–Kier alpha value is -3.61. The number of unbranched alkanes of at least 4 members (excludes halogenated alkanes) is 1. The average Bonchev–Trinajstić information content (AvgIpc) is 3.20. The molecular weight excluding hydrogens is 354 g/mol. The summed E-state index contributed by atoms with van der Waals surface area (Å²) in [5.74, 6) is -0.304. The van der Waals surface area contributed by atoms with E-state index in [1.54, 1.807) is 18.2 Å². The van der Waals surface area contributed by atoms with E-state index in [2.05, 4.69) is 20.8 Å². The Morgan fingerprint density at radius 2 is 1.75 bits per heavy atom. The summed E-state index contributed by atoms with van der Waals surface area (Å²) in [6.07, 6.45) is 1.73. The van der Waals surface area contributed by atoms with E-state index in [9.17, 15) is 9.59 Å². The van der Waals surface area contributed by atoms with E-state index in [0.717, 1.165) is 11.3 Å². The van der Waals surface area contributed by atoms with Crippen LogP contribution >= 0.6 is 0 Å². The zero-order valence-corrected chi connectivity index (χ0v) is 15.4. The zero-order chi connectivity index (χ0) is 19.8. The molecule has 0 saturated heterocycles. The summed E-state index contributed by atoms with van der Waals surface area (Å²) < 4.78 is 0. The highest BCUT2D eigenvalue weighted by Gasteiger charge is 2.10. The molecule has 0 bridgehead atoms. The van der Waals surface area contributed by atoms with Gasteiger partial charge in [-0.3, -0.25) is 14.7 Å². The molecule has 0 radical (unpaired) electrons. The number of hydrogen-bond donors (Lipinski definition) is 4. The van der Waals surface area contributed by atoms with Gasteiger partial charge in [-0.15, -0.1) is 0 Å². The monoisotopic (exact) mass is 377 g/mol. The summed E-state index contributed by atoms with van der Waals surface area (Å²) in [7, 11) is 0. The number of aromatic amines is 1. The SMILES string of the molecule is Nc1ccccc1NC(=O)CCCCNC(=O)c1cc(-c2ccccc2)n[nH]1. The van der Waals surface area contributed by atoms with Crippen molar-refractivity contribution in [1.82, 2.24) is 15.5 Å². The van der Waals surface area contributed by atoms with Crippen LogP contribution in [-0.2, 0) is 4.79 Å². The van der Waals surface area contributed by atoms with Crippen LogP contribution in [-0.4, -0.2) is 28.6 Å². The number of para-hydroxylation sites is 2. The van der Waals surface area contributed by atoms with Gasteiger partial charge in [0.25, 0.3) is 5.91 Å². The first-order valence-electron chi connectivity index (χ1n) is 9.17. The van der Waals surface area contributed by atoms with Gasteiger partial charge in [-0.2, -0.15) is 5.10 Å². The quantitative estimate of drug-likeness (QED) is 0.357. The molecule has 7 nitrogen and oxygen atoms in total. The summed E-state index contributed by atoms with van der Waals surface area (Å²) >= 11 is 0. The average molecular weight is 377 g/mol. The summed E-state index contributed by atoms with van der Waals surface area (Å²) in [4.78, 5) is 24.1. The number of H-pyrrole nitrogens is 1. The van der Waals surface area contributed by atoms with Crippen molar-refractivity contribution in [2.45, 2.75) is 19.3 Å². The molecule has 0 aliphatic carbocycles. The highest BCUT2D eigenvalue weighted by molar-refractivity contribution is 5.94. The third kappa shape index (κ3) is 5.20. The van der Waals surface area contributed by atoms with Gasteiger partial charge in [0.15, 0.2) is 0 Å². The van der Waals surface area contributed by atoms with Crippen LogP contribution in [0, 0.1) is 0 Å². The molecule has 3 rings (SSSR count). The van der Waals surface area contributed by atoms with Gasteiger partial charge in [-0.05, 0) is 31.0 Å². The summed E-state index contributed by atoms with van der Waals surface area (Å²) in [5, 5.41) is 12.6. The third-order valence-corrected chi connectivity index (χ3v) is 4.24. The number of carbonyl (C=O) groups is 2. The lowest BCUT2D eigenvalue weighted by molar-refractivity contribution is -0.116. The Morgan fingerprint density at radius 1 is 1.00 bits per heavy atom. The Morgan fingerprint density at radius 3 is 2.54 bits per heavy atom. The fraction of sp³-hybridized carbons (Fsp3) is 0.190. The van der Waals surface area contributed by atoms with Crippen LogP contribution in [0.5, 0.6) is 0 Å². The number of rotatable bonds is 8. The van der Waals surface area contributed by atoms with Crippen molar-refractivity contribution in [3.63, 3.8) is 0 Å². The number of nitrogens with zero attached hydrogens (tertiary/aromatic N) is 1. The smallest absolute Gasteiger partial charge is 0.269 e. The van der Waals surface area contributed by atoms with E-state index in [1.807, 2.05) is 42.5 Å². The number of nitrogen functional groups attached to an aromatic ring is 1. The highest BCUT2D eigenvalue weighted by Crippen LogP contribution is 2.18. The van der Waals surface area contributed by atoms with Gasteiger partial charge in [0.2, 0.25) is 5.91 Å². The van der Waals surface area contributed by atoms with Gasteiger partial charge in [-0.1, -0.05) is 42.5 Å². The van der Waals surface area contributed by atoms with Crippen molar-refractivity contribution in [1.29, 1.82) is 0 Å². The van der Waals surface area contributed by atoms with Crippen LogP contribution in [0.25, 0.3) is 11.3 Å². The van der Waals surface area contributed by atoms with Crippen LogP contribution in [0.1, 0.15) is 29.8 Å². The Kier molecular flexibility index (Phi) is 6.41. The van der Waals surface area contributed by atoms with Gasteiger partial charge >= 0.3 is 0 Å². The van der Waals surface area contributed by atoms with Crippen LogP contribution in [0.4, 0.5) is 11.4 Å². The minimum atomic E-state index is -0.212. The van der Waals surface area contributed by atoms with Crippen LogP contribution in [0.2, 0.25) is 0 Å². The zero-order valence-electron chi connectivity index (χ0n) is 15.4. The maximum Gasteiger partial charge on any atom is 0.269 e. The van der Waals surface area contributed by atoms with Crippen LogP contribution < -0.4 is 16.4 Å². The molecule has 0 saturated carbocycles. The Bertz CT molecular complexity index is 937. The lowest BCUT2D eigenvalue weighted by atomic mass is 10.1. The molecule has 2 aromatic carbocycles. The summed E-state index contributed by atoms with van der Waals surface area (Å²) in [6.45, 7) is 0.485. The second-order valence-electron chi connectivity index (χ2n) is 6.38. The molecule has 0 unspecified atom stereocenters. The molecule has 0 aliphatic heterocycles. The van der Waals surface area contributed by atoms with Crippen LogP contribution in [0.15, 0.2) is 60.7 Å². The van der Waals surface area contributed by atoms with Crippen LogP contribution in [0.3, 0.4) is 0 Å². The number of hydrogen-bond acceptors (Lipinski definition) is 4. The van der Waals surface area contributed by atoms with Gasteiger partial charge in [0.05, 0.1) is 17.1 Å². The predicted octanol–water partition coefficient (Wildman–Crippen LogP) is 3.20. The molecule has 0 aliphatic rings. The molecule has 2 amide bonds. The van der Waals surface area contributed by atoms with Crippen molar-refractivity contribution >= 4 is 23.2 Å². The molecule has 0 atom stereocenters. The molecule has 3 aromatic rings. The van der Waals surface area contributed by atoms with E-state index in [-0.39, 0.29) is 11.8 Å². The number of benzene rings is 2. The number of nitrogens with two attached hydrogens (primary N) is 1. The van der Waals surface area contributed by atoms with Gasteiger partial charge in [0.1, 0.15) is 5.69 Å². The Balaban J connectivity index is 1.37. The van der Waals surface area contributed by atoms with E-state index in [1.165, 1.54) is 0 Å². The fourth-order valence-electron chi connectivity index (χ4n) is 2.73. The van der Waals surface area contributed by atoms with Gasteiger partial charge < -0.3 is 16.4 Å². The lowest BCUT2D eigenvalue weighted by Crippen LogP contribution is -2.25. The first-order chi connectivity index (χ1) is 13.6. The highest BCUT2D eigenvalue weighted by atomic mass is 16.2. The van der Waals surface area contributed by atoms with Crippen molar-refractivity contribution in [2.75, 3.05) is 17.6 Å². The molecule has 1 heterocycles. The summed E-state index contributed by atoms with van der Waals surface area (Å²) in [6, 6.07) is 18.5. The molecular formula is C21H23N5O2. The van der Waals surface area contributed by atoms with E-state index in [0.29, 0.717) is 42.9 Å². The number of carbonyl (C=O) groups excluding carboxylic acids is 2. The normalized spacial score (nSPS) is 10.4. The second-order valence-corrected chi connectivity index (χ2v) is 6.38. The van der Waals surface area contributed by atoms with E-state index >= 15 is 0 Å². The largest absolute Gasteiger partial charge is 0.397 e. The van der Waals surface area contributed by atoms with Gasteiger partial charge in [-0.25, -0.2) is 0 Å². The van der Waals surface area contributed by atoms with Crippen molar-refractivity contribution in [2.24, 2.45) is 0 Å². The van der Waals surface area contributed by atoms with Crippen molar-refractivity contribution in [3.8, 4) is 11.3 Å². The van der Waals surface area contributed by atoms with Crippen molar-refractivity contribution in [3.05, 3.63) is 66.4 Å². The number of amides is 2. The molecule has 5 N–H and O–H groups in total. The Labute approximate surface area is 163 Å². The topological polar surface area (TPSA) is 113 Å². The molecule has 144 valence electrons. The molecule has 0 fully saturated rings. The lowest BCUT2D eigenvalue weighted by Gasteiger charge is -2.08. The molecule has 28 heavy (non-hydrogen) atoms. The van der Waals surface area contributed by atoms with E-state index < -0.39 is 0 Å². The number of aromatic nitrogens is 2. The molecule has 1 aromatic heterocycles.